The molecule has 2 N–H and O–H groups in total. The number of likely N-dealkylation sites (tertiary alicyclic amines) is 1. The lowest BCUT2D eigenvalue weighted by Gasteiger charge is -2.25. The van der Waals surface area contributed by atoms with Gasteiger partial charge in [-0.1, -0.05) is 37.9 Å². The first-order valence-corrected chi connectivity index (χ1v) is 10.8. The van der Waals surface area contributed by atoms with Crippen molar-refractivity contribution >= 4 is 34.7 Å². The molecule has 152 valence electrons. The number of carboxylic acids is 1. The van der Waals surface area contributed by atoms with Crippen molar-refractivity contribution in [1.29, 1.82) is 0 Å². The second-order valence-corrected chi connectivity index (χ2v) is 8.65. The fourth-order valence-corrected chi connectivity index (χ4v) is 4.59. The molecule has 0 radical (unpaired) electrons. The highest BCUT2D eigenvalue weighted by atomic mass is 32.2. The van der Waals surface area contributed by atoms with Gasteiger partial charge in [-0.05, 0) is 32.6 Å². The number of thioether (sulfide) groups is 1. The summed E-state index contributed by atoms with van der Waals surface area (Å²) >= 11 is 1.03. The van der Waals surface area contributed by atoms with Crippen molar-refractivity contribution in [2.24, 2.45) is 11.8 Å². The summed E-state index contributed by atoms with van der Waals surface area (Å²) < 4.78 is 0. The molecule has 2 fully saturated rings. The average molecular weight is 399 g/mol. The Morgan fingerprint density at radius 3 is 2.37 bits per heavy atom. The van der Waals surface area contributed by atoms with E-state index < -0.39 is 24.0 Å². The quantitative estimate of drug-likeness (QED) is 0.680. The highest BCUT2D eigenvalue weighted by Crippen LogP contribution is 2.24. The van der Waals surface area contributed by atoms with Crippen LogP contribution in [-0.2, 0) is 19.2 Å². The number of carbonyl (C=O) groups is 4. The molecule has 1 saturated carbocycles. The van der Waals surface area contributed by atoms with Crippen LogP contribution in [0.3, 0.4) is 0 Å². The van der Waals surface area contributed by atoms with E-state index in [0.717, 1.165) is 37.4 Å². The maximum atomic E-state index is 12.5. The van der Waals surface area contributed by atoms with Gasteiger partial charge < -0.3 is 15.3 Å². The second kappa shape index (κ2) is 10.1. The summed E-state index contributed by atoms with van der Waals surface area (Å²) in [5, 5.41) is 11.8. The maximum absolute atomic E-state index is 12.5. The van der Waals surface area contributed by atoms with Gasteiger partial charge in [-0.2, -0.15) is 0 Å². The molecule has 3 atom stereocenters. The lowest BCUT2D eigenvalue weighted by molar-refractivity contribution is -0.149. The Hall–Kier alpha value is -1.57. The number of nitrogens with one attached hydrogen (secondary N) is 1. The van der Waals surface area contributed by atoms with E-state index in [-0.39, 0.29) is 28.6 Å². The third kappa shape index (κ3) is 5.96. The lowest BCUT2D eigenvalue weighted by Crippen LogP contribution is -2.44. The zero-order valence-corrected chi connectivity index (χ0v) is 16.9. The minimum atomic E-state index is -0.976. The number of rotatable bonds is 7. The van der Waals surface area contributed by atoms with Crippen LogP contribution < -0.4 is 5.32 Å². The monoisotopic (exact) mass is 398 g/mol. The van der Waals surface area contributed by atoms with Gasteiger partial charge in [0.2, 0.25) is 16.9 Å². The van der Waals surface area contributed by atoms with Crippen molar-refractivity contribution < 1.29 is 24.3 Å². The number of carbonyl (C=O) groups excluding carboxylic acids is 3. The van der Waals surface area contributed by atoms with E-state index in [2.05, 4.69) is 5.32 Å². The number of hydrogen-bond donors (Lipinski definition) is 2. The number of nitrogens with zero attached hydrogens (tertiary/aromatic N) is 1. The van der Waals surface area contributed by atoms with Gasteiger partial charge in [0, 0.05) is 24.1 Å². The van der Waals surface area contributed by atoms with Crippen molar-refractivity contribution in [3.8, 4) is 0 Å². The van der Waals surface area contributed by atoms with Crippen molar-refractivity contribution in [3.05, 3.63) is 0 Å². The van der Waals surface area contributed by atoms with E-state index >= 15 is 0 Å². The summed E-state index contributed by atoms with van der Waals surface area (Å²) in [4.78, 5) is 49.7. The number of hydrogen-bond acceptors (Lipinski definition) is 5. The van der Waals surface area contributed by atoms with Crippen LogP contribution in [0.1, 0.15) is 58.8 Å². The predicted octanol–water partition coefficient (Wildman–Crippen LogP) is 2.04. The molecule has 8 heteroatoms. The minimum absolute atomic E-state index is 0.00243. The Kier molecular flexibility index (Phi) is 8.13. The van der Waals surface area contributed by atoms with Crippen LogP contribution in [0, 0.1) is 11.8 Å². The second-order valence-electron chi connectivity index (χ2n) is 7.62. The number of amides is 2. The molecule has 1 aliphatic carbocycles. The number of carboxylic acid groups (broad SMARTS) is 1. The Bertz CT molecular complexity index is 576. The fraction of sp³-hybridized carbons (Fsp3) is 0.789. The highest BCUT2D eigenvalue weighted by molar-refractivity contribution is 8.13. The number of aliphatic carboxylic acids is 1. The highest BCUT2D eigenvalue weighted by Gasteiger charge is 2.36. The van der Waals surface area contributed by atoms with Crippen LogP contribution in [-0.4, -0.2) is 57.3 Å². The Labute approximate surface area is 164 Å². The van der Waals surface area contributed by atoms with Gasteiger partial charge in [-0.15, -0.1) is 0 Å². The van der Waals surface area contributed by atoms with E-state index in [1.807, 2.05) is 0 Å². The van der Waals surface area contributed by atoms with Gasteiger partial charge in [-0.25, -0.2) is 4.79 Å². The Balaban J connectivity index is 1.77. The summed E-state index contributed by atoms with van der Waals surface area (Å²) in [5.74, 6) is -1.41. The summed E-state index contributed by atoms with van der Waals surface area (Å²) in [6.07, 6.45) is 6.21. The van der Waals surface area contributed by atoms with Crippen LogP contribution >= 0.6 is 11.8 Å². The molecule has 0 aromatic heterocycles. The van der Waals surface area contributed by atoms with Gasteiger partial charge in [0.05, 0.1) is 6.04 Å². The molecule has 0 aromatic carbocycles. The molecule has 7 nitrogen and oxygen atoms in total. The normalized spacial score (nSPS) is 22.9. The summed E-state index contributed by atoms with van der Waals surface area (Å²) in [5.41, 5.74) is 0. The molecule has 2 unspecified atom stereocenters. The molecule has 1 aliphatic heterocycles. The first-order chi connectivity index (χ1) is 12.8. The SMILES string of the molecule is CC(CSC(=O)C(C)NC(=O)C1CCCCC1)C(=O)N1CCC[C@@H]1C(=O)O. The molecule has 1 heterocycles. The zero-order valence-electron chi connectivity index (χ0n) is 16.1. The molecule has 2 aliphatic rings. The standard InChI is InChI=1S/C19H30N2O5S/c1-12(17(23)21-10-6-9-15(21)18(24)25)11-27-19(26)13(2)20-16(22)14-7-4-3-5-8-14/h12-15H,3-11H2,1-2H3,(H,20,22)(H,24,25)/t12?,13?,15-/m1/s1. The van der Waals surface area contributed by atoms with Crippen molar-refractivity contribution in [2.75, 3.05) is 12.3 Å². The van der Waals surface area contributed by atoms with Crippen molar-refractivity contribution in [1.82, 2.24) is 10.2 Å². The van der Waals surface area contributed by atoms with Crippen LogP contribution in [0.5, 0.6) is 0 Å². The lowest BCUT2D eigenvalue weighted by atomic mass is 9.88. The van der Waals surface area contributed by atoms with E-state index in [1.165, 1.54) is 11.3 Å². The maximum Gasteiger partial charge on any atom is 0.326 e. The van der Waals surface area contributed by atoms with Gasteiger partial charge in [0.1, 0.15) is 6.04 Å². The molecule has 27 heavy (non-hydrogen) atoms. The largest absolute Gasteiger partial charge is 0.480 e. The molecule has 2 rings (SSSR count). The Morgan fingerprint density at radius 1 is 1.07 bits per heavy atom. The molecule has 0 bridgehead atoms. The molecule has 2 amide bonds. The topological polar surface area (TPSA) is 104 Å². The van der Waals surface area contributed by atoms with Crippen LogP contribution in [0.25, 0.3) is 0 Å². The Morgan fingerprint density at radius 2 is 1.74 bits per heavy atom. The minimum Gasteiger partial charge on any atom is -0.480 e. The van der Waals surface area contributed by atoms with Gasteiger partial charge >= 0.3 is 5.97 Å². The first kappa shape index (κ1) is 21.7. The summed E-state index contributed by atoms with van der Waals surface area (Å²) in [7, 11) is 0. The van der Waals surface area contributed by atoms with Crippen molar-refractivity contribution in [3.63, 3.8) is 0 Å². The molecular formula is C19H30N2O5S. The molecule has 0 spiro atoms. The first-order valence-electron chi connectivity index (χ1n) is 9.81. The zero-order chi connectivity index (χ0) is 20.0. The van der Waals surface area contributed by atoms with Gasteiger partial charge in [-0.3, -0.25) is 14.4 Å². The van der Waals surface area contributed by atoms with Gasteiger partial charge in [0.25, 0.3) is 0 Å². The van der Waals surface area contributed by atoms with E-state index in [4.69, 9.17) is 0 Å². The summed E-state index contributed by atoms with van der Waals surface area (Å²) in [6, 6.07) is -1.35. The van der Waals surface area contributed by atoms with Crippen LogP contribution in [0.15, 0.2) is 0 Å². The van der Waals surface area contributed by atoms with E-state index in [9.17, 15) is 24.3 Å². The molecule has 1 saturated heterocycles. The third-order valence-corrected chi connectivity index (χ3v) is 6.71. The van der Waals surface area contributed by atoms with Crippen LogP contribution in [0.2, 0.25) is 0 Å². The summed E-state index contributed by atoms with van der Waals surface area (Å²) in [6.45, 7) is 3.83. The van der Waals surface area contributed by atoms with E-state index in [0.29, 0.717) is 19.4 Å². The third-order valence-electron chi connectivity index (χ3n) is 5.41. The smallest absolute Gasteiger partial charge is 0.326 e. The average Bonchev–Trinajstić information content (AvgIpc) is 3.15. The van der Waals surface area contributed by atoms with Crippen LogP contribution in [0.4, 0.5) is 0 Å². The van der Waals surface area contributed by atoms with Gasteiger partial charge in [0.15, 0.2) is 0 Å². The predicted molar refractivity (Wildman–Crippen MR) is 103 cm³/mol. The van der Waals surface area contributed by atoms with Crippen molar-refractivity contribution in [2.45, 2.75) is 70.9 Å². The molecule has 0 aromatic rings. The molecular weight excluding hydrogens is 368 g/mol. The fourth-order valence-electron chi connectivity index (χ4n) is 3.73. The van der Waals surface area contributed by atoms with E-state index in [1.54, 1.807) is 13.8 Å².